The van der Waals surface area contributed by atoms with E-state index >= 15 is 0 Å². The fourth-order valence-electron chi connectivity index (χ4n) is 3.83. The minimum absolute atomic E-state index is 0.0170. The summed E-state index contributed by atoms with van der Waals surface area (Å²) in [7, 11) is 0. The second-order valence-corrected chi connectivity index (χ2v) is 10.5. The number of fused-ring (bicyclic) bond motifs is 1. The molecular weight excluding hydrogens is 573 g/mol. The lowest BCUT2D eigenvalue weighted by atomic mass is 10.1. The molecule has 196 valence electrons. The zero-order chi connectivity index (χ0) is 26.8. The molecular formula is C27H20Cl3NO6S. The van der Waals surface area contributed by atoms with Gasteiger partial charge in [0.25, 0.3) is 11.1 Å². The summed E-state index contributed by atoms with van der Waals surface area (Å²) in [5.74, 6) is 1.68. The monoisotopic (exact) mass is 591 g/mol. The van der Waals surface area contributed by atoms with Crippen LogP contribution in [0.25, 0.3) is 6.08 Å². The zero-order valence-corrected chi connectivity index (χ0v) is 23.0. The Bertz CT molecular complexity index is 1460. The first-order valence-corrected chi connectivity index (χ1v) is 13.4. The molecule has 38 heavy (non-hydrogen) atoms. The third-order valence-electron chi connectivity index (χ3n) is 5.69. The van der Waals surface area contributed by atoms with Crippen molar-refractivity contribution in [1.82, 2.24) is 4.90 Å². The van der Waals surface area contributed by atoms with Crippen LogP contribution < -0.4 is 18.9 Å². The van der Waals surface area contributed by atoms with Crippen LogP contribution in [-0.4, -0.2) is 29.4 Å². The fraction of sp³-hybridized carbons (Fsp3) is 0.185. The van der Waals surface area contributed by atoms with Crippen molar-refractivity contribution in [3.05, 3.63) is 85.2 Å². The number of nitrogens with zero attached hydrogens (tertiary/aromatic N) is 1. The van der Waals surface area contributed by atoms with Gasteiger partial charge in [0.05, 0.1) is 28.1 Å². The molecule has 0 aromatic heterocycles. The van der Waals surface area contributed by atoms with Crippen LogP contribution in [0.2, 0.25) is 15.1 Å². The van der Waals surface area contributed by atoms with E-state index in [-0.39, 0.29) is 25.2 Å². The van der Waals surface area contributed by atoms with E-state index in [1.807, 2.05) is 13.0 Å². The van der Waals surface area contributed by atoms with Crippen LogP contribution in [0.5, 0.6) is 23.0 Å². The maximum atomic E-state index is 13.1. The number of benzene rings is 3. The minimum atomic E-state index is -0.411. The van der Waals surface area contributed by atoms with Gasteiger partial charge in [-0.1, -0.05) is 46.9 Å². The molecule has 1 fully saturated rings. The van der Waals surface area contributed by atoms with Crippen molar-refractivity contribution in [1.29, 1.82) is 0 Å². The molecule has 3 aromatic rings. The summed E-state index contributed by atoms with van der Waals surface area (Å²) in [6.07, 6.45) is 1.65. The number of rotatable bonds is 8. The molecule has 1 saturated heterocycles. The molecule has 2 amide bonds. The first-order chi connectivity index (χ1) is 18.3. The third kappa shape index (κ3) is 5.68. The van der Waals surface area contributed by atoms with Crippen molar-refractivity contribution in [3.63, 3.8) is 0 Å². The van der Waals surface area contributed by atoms with Crippen molar-refractivity contribution in [2.75, 3.05) is 13.4 Å². The Morgan fingerprint density at radius 2 is 1.71 bits per heavy atom. The highest BCUT2D eigenvalue weighted by atomic mass is 35.5. The number of thioether (sulfide) groups is 1. The molecule has 0 spiro atoms. The summed E-state index contributed by atoms with van der Waals surface area (Å²) < 4.78 is 22.4. The molecule has 0 atom stereocenters. The van der Waals surface area contributed by atoms with E-state index in [2.05, 4.69) is 0 Å². The number of carbonyl (C=O) groups excluding carboxylic acids is 2. The molecule has 11 heteroatoms. The highest BCUT2D eigenvalue weighted by Crippen LogP contribution is 2.40. The smallest absolute Gasteiger partial charge is 0.293 e. The van der Waals surface area contributed by atoms with Crippen molar-refractivity contribution in [2.45, 2.75) is 20.1 Å². The maximum Gasteiger partial charge on any atom is 0.293 e. The molecule has 2 aliphatic heterocycles. The molecule has 7 nitrogen and oxygen atoms in total. The zero-order valence-electron chi connectivity index (χ0n) is 20.0. The summed E-state index contributed by atoms with van der Waals surface area (Å²) in [5.41, 5.74) is 2.12. The lowest BCUT2D eigenvalue weighted by Crippen LogP contribution is -2.27. The topological polar surface area (TPSA) is 74.3 Å². The number of halogens is 3. The summed E-state index contributed by atoms with van der Waals surface area (Å²) in [6.45, 7) is 2.66. The molecule has 0 unspecified atom stereocenters. The summed E-state index contributed by atoms with van der Waals surface area (Å²) in [4.78, 5) is 27.2. The lowest BCUT2D eigenvalue weighted by Gasteiger charge is -2.14. The van der Waals surface area contributed by atoms with E-state index < -0.39 is 5.91 Å². The van der Waals surface area contributed by atoms with Crippen LogP contribution in [0, 0.1) is 0 Å². The molecule has 3 aromatic carbocycles. The van der Waals surface area contributed by atoms with Crippen molar-refractivity contribution < 1.29 is 28.5 Å². The van der Waals surface area contributed by atoms with Gasteiger partial charge in [0.2, 0.25) is 6.79 Å². The second-order valence-electron chi connectivity index (χ2n) is 8.24. The quantitative estimate of drug-likeness (QED) is 0.250. The second kappa shape index (κ2) is 11.4. The minimum Gasteiger partial charge on any atom is -0.490 e. The van der Waals surface area contributed by atoms with Crippen molar-refractivity contribution in [2.24, 2.45) is 0 Å². The van der Waals surface area contributed by atoms with Crippen molar-refractivity contribution >= 4 is 63.8 Å². The number of imide groups is 1. The lowest BCUT2D eigenvalue weighted by molar-refractivity contribution is -0.123. The van der Waals surface area contributed by atoms with Crippen LogP contribution in [-0.2, 0) is 17.9 Å². The van der Waals surface area contributed by atoms with Gasteiger partial charge in [-0.3, -0.25) is 14.5 Å². The third-order valence-corrected chi connectivity index (χ3v) is 7.69. The maximum absolute atomic E-state index is 13.1. The van der Waals surface area contributed by atoms with Gasteiger partial charge in [0.1, 0.15) is 6.61 Å². The van der Waals surface area contributed by atoms with E-state index in [4.69, 9.17) is 53.8 Å². The molecule has 0 aliphatic carbocycles. The average Bonchev–Trinajstić information content (AvgIpc) is 3.45. The standard InChI is InChI=1S/C27H20Cl3NO6S/c1-2-34-22-8-15(4-6-21(22)35-13-16-3-5-18(28)20(30)7-16)9-25-26(32)31(27(33)38-25)12-17-10-23-24(11-19(17)29)37-14-36-23/h3-11H,2,12-14H2,1H3/b25-9-. The average molecular weight is 593 g/mol. The van der Waals surface area contributed by atoms with Gasteiger partial charge in [-0.05, 0) is 71.8 Å². The van der Waals surface area contributed by atoms with Crippen LogP contribution in [0.3, 0.4) is 0 Å². The van der Waals surface area contributed by atoms with Crippen LogP contribution in [0.4, 0.5) is 4.79 Å². The predicted molar refractivity (Wildman–Crippen MR) is 147 cm³/mol. The van der Waals surface area contributed by atoms with Crippen LogP contribution in [0.15, 0.2) is 53.4 Å². The van der Waals surface area contributed by atoms with Gasteiger partial charge in [-0.25, -0.2) is 0 Å². The van der Waals surface area contributed by atoms with E-state index in [0.717, 1.165) is 22.2 Å². The Kier molecular flexibility index (Phi) is 7.95. The highest BCUT2D eigenvalue weighted by Gasteiger charge is 2.35. The Morgan fingerprint density at radius 1 is 0.921 bits per heavy atom. The number of hydrogen-bond acceptors (Lipinski definition) is 7. The fourth-order valence-corrected chi connectivity index (χ4v) is 5.20. The van der Waals surface area contributed by atoms with E-state index in [1.165, 1.54) is 0 Å². The molecule has 2 heterocycles. The molecule has 0 N–H and O–H groups in total. The Labute approximate surface area is 238 Å². The summed E-state index contributed by atoms with van der Waals surface area (Å²) >= 11 is 19.3. The SMILES string of the molecule is CCOc1cc(/C=C2\SC(=O)N(Cc3cc4c(cc3Cl)OCO4)C2=O)ccc1OCc1ccc(Cl)c(Cl)c1. The number of hydrogen-bond donors (Lipinski definition) is 0. The van der Waals surface area contributed by atoms with E-state index in [1.54, 1.807) is 48.5 Å². The summed E-state index contributed by atoms with van der Waals surface area (Å²) in [6, 6.07) is 13.9. The molecule has 0 bridgehead atoms. The predicted octanol–water partition coefficient (Wildman–Crippen LogP) is 7.59. The van der Waals surface area contributed by atoms with Gasteiger partial charge in [0.15, 0.2) is 23.0 Å². The first kappa shape index (κ1) is 26.6. The highest BCUT2D eigenvalue weighted by molar-refractivity contribution is 8.18. The van der Waals surface area contributed by atoms with Crippen molar-refractivity contribution in [3.8, 4) is 23.0 Å². The Morgan fingerprint density at radius 3 is 2.47 bits per heavy atom. The van der Waals surface area contributed by atoms with Gasteiger partial charge < -0.3 is 18.9 Å². The number of amides is 2. The Hall–Kier alpha value is -3.04. The number of ether oxygens (including phenoxy) is 4. The van der Waals surface area contributed by atoms with Gasteiger partial charge in [-0.15, -0.1) is 0 Å². The van der Waals surface area contributed by atoms with Gasteiger partial charge in [-0.2, -0.15) is 0 Å². The van der Waals surface area contributed by atoms with Gasteiger partial charge in [0, 0.05) is 11.1 Å². The normalized spacial score (nSPS) is 15.5. The van der Waals surface area contributed by atoms with Crippen LogP contribution >= 0.6 is 46.6 Å². The summed E-state index contributed by atoms with van der Waals surface area (Å²) in [5, 5.41) is 0.915. The largest absolute Gasteiger partial charge is 0.490 e. The molecule has 5 rings (SSSR count). The molecule has 0 radical (unpaired) electrons. The van der Waals surface area contributed by atoms with E-state index in [9.17, 15) is 9.59 Å². The van der Waals surface area contributed by atoms with Gasteiger partial charge >= 0.3 is 0 Å². The molecule has 0 saturated carbocycles. The van der Waals surface area contributed by atoms with Crippen LogP contribution in [0.1, 0.15) is 23.6 Å². The first-order valence-electron chi connectivity index (χ1n) is 11.5. The number of carbonyl (C=O) groups is 2. The molecule has 2 aliphatic rings. The van der Waals surface area contributed by atoms with E-state index in [0.29, 0.717) is 60.7 Å². The Balaban J connectivity index is 1.32.